The number of carbonyl (C=O) groups is 1. The maximum atomic E-state index is 11.4. The highest BCUT2D eigenvalue weighted by molar-refractivity contribution is 6.39. The molecule has 6 heteroatoms. The van der Waals surface area contributed by atoms with Crippen LogP contribution in [0.1, 0.15) is 6.92 Å². The van der Waals surface area contributed by atoms with Crippen LogP contribution in [0.5, 0.6) is 0 Å². The molecule has 16 heavy (non-hydrogen) atoms. The number of rotatable bonds is 2. The van der Waals surface area contributed by atoms with E-state index >= 15 is 0 Å². The molecule has 6 nitrogen and oxygen atoms in total. The van der Waals surface area contributed by atoms with Crippen LogP contribution in [0.25, 0.3) is 0 Å². The van der Waals surface area contributed by atoms with Gasteiger partial charge in [0, 0.05) is 6.20 Å². The third kappa shape index (κ3) is 1.74. The molecule has 2 heterocycles. The van der Waals surface area contributed by atoms with Crippen molar-refractivity contribution in [3.05, 3.63) is 24.4 Å². The largest absolute Gasteiger partial charge is 0.461 e. The van der Waals surface area contributed by atoms with E-state index in [2.05, 4.69) is 10.2 Å². The highest BCUT2D eigenvalue weighted by Gasteiger charge is 2.32. The average Bonchev–Trinajstić information content (AvgIpc) is 2.30. The molecule has 0 aliphatic carbocycles. The second-order valence-corrected chi connectivity index (χ2v) is 3.15. The first-order valence-corrected chi connectivity index (χ1v) is 4.88. The molecular formula is C10H11N3O3. The van der Waals surface area contributed by atoms with Crippen LogP contribution in [0.4, 0.5) is 0 Å². The molecule has 2 rings (SSSR count). The second-order valence-electron chi connectivity index (χ2n) is 3.15. The molecule has 84 valence electrons. The number of allylic oxidation sites excluding steroid dienone is 2. The standard InChI is InChI=1S/C10H11N3O3/c1-2-16-10(15)8-9(14)13-6-4-3-5-7(13)11-12-8/h3-6,9,14H,2H2,1H3/t9-/m1/s1. The van der Waals surface area contributed by atoms with Gasteiger partial charge in [-0.1, -0.05) is 6.08 Å². The molecule has 1 atom stereocenters. The molecule has 0 aromatic heterocycles. The zero-order valence-electron chi connectivity index (χ0n) is 8.70. The summed E-state index contributed by atoms with van der Waals surface area (Å²) >= 11 is 0. The number of carbonyl (C=O) groups excluding carboxylic acids is 1. The number of hydrogen-bond donors (Lipinski definition) is 1. The Morgan fingerprint density at radius 2 is 2.38 bits per heavy atom. The van der Waals surface area contributed by atoms with E-state index in [1.165, 1.54) is 4.90 Å². The van der Waals surface area contributed by atoms with Crippen LogP contribution in [0.15, 0.2) is 34.6 Å². The van der Waals surface area contributed by atoms with Crippen molar-refractivity contribution >= 4 is 17.5 Å². The molecule has 0 saturated heterocycles. The average molecular weight is 221 g/mol. The van der Waals surface area contributed by atoms with Crippen molar-refractivity contribution in [3.63, 3.8) is 0 Å². The van der Waals surface area contributed by atoms with Crippen molar-refractivity contribution < 1.29 is 14.6 Å². The van der Waals surface area contributed by atoms with Gasteiger partial charge >= 0.3 is 5.97 Å². The van der Waals surface area contributed by atoms with Gasteiger partial charge in [-0.2, -0.15) is 0 Å². The van der Waals surface area contributed by atoms with Gasteiger partial charge < -0.3 is 9.84 Å². The second kappa shape index (κ2) is 4.28. The molecule has 1 N–H and O–H groups in total. The van der Waals surface area contributed by atoms with E-state index in [0.717, 1.165) is 0 Å². The van der Waals surface area contributed by atoms with Crippen molar-refractivity contribution in [2.24, 2.45) is 10.2 Å². The fourth-order valence-corrected chi connectivity index (χ4v) is 1.38. The molecule has 0 saturated carbocycles. The van der Waals surface area contributed by atoms with Crippen LogP contribution in [-0.2, 0) is 9.53 Å². The third-order valence-electron chi connectivity index (χ3n) is 2.12. The lowest BCUT2D eigenvalue weighted by atomic mass is 10.2. The predicted octanol–water partition coefficient (Wildman–Crippen LogP) is 0.0215. The number of hydrogen-bond acceptors (Lipinski definition) is 6. The summed E-state index contributed by atoms with van der Waals surface area (Å²) in [6.07, 6.45) is 5.67. The van der Waals surface area contributed by atoms with Crippen LogP contribution in [0.2, 0.25) is 0 Å². The zero-order valence-corrected chi connectivity index (χ0v) is 8.70. The molecule has 2 aliphatic heterocycles. The Balaban J connectivity index is 2.25. The maximum Gasteiger partial charge on any atom is 0.359 e. The summed E-state index contributed by atoms with van der Waals surface area (Å²) in [6, 6.07) is 0. The van der Waals surface area contributed by atoms with E-state index < -0.39 is 12.2 Å². The number of amidine groups is 1. The van der Waals surface area contributed by atoms with Gasteiger partial charge in [0.15, 0.2) is 17.8 Å². The highest BCUT2D eigenvalue weighted by atomic mass is 16.5. The van der Waals surface area contributed by atoms with Gasteiger partial charge in [0.2, 0.25) is 0 Å². The lowest BCUT2D eigenvalue weighted by Crippen LogP contribution is -2.47. The number of aliphatic hydroxyl groups is 1. The Morgan fingerprint density at radius 1 is 1.56 bits per heavy atom. The van der Waals surface area contributed by atoms with Crippen LogP contribution in [-0.4, -0.2) is 40.4 Å². The summed E-state index contributed by atoms with van der Waals surface area (Å²) in [5.74, 6) is -0.163. The van der Waals surface area contributed by atoms with Crippen LogP contribution in [0, 0.1) is 0 Å². The smallest absolute Gasteiger partial charge is 0.359 e. The van der Waals surface area contributed by atoms with Crippen LogP contribution >= 0.6 is 0 Å². The Bertz CT molecular complexity index is 423. The Hall–Kier alpha value is -1.95. The first kappa shape index (κ1) is 10.6. The minimum atomic E-state index is -1.15. The summed E-state index contributed by atoms with van der Waals surface area (Å²) in [5, 5.41) is 17.4. The first-order valence-electron chi connectivity index (χ1n) is 4.88. The lowest BCUT2D eigenvalue weighted by molar-refractivity contribution is -0.135. The van der Waals surface area contributed by atoms with Crippen LogP contribution in [0.3, 0.4) is 0 Å². The van der Waals surface area contributed by atoms with E-state index in [9.17, 15) is 9.90 Å². The van der Waals surface area contributed by atoms with E-state index in [0.29, 0.717) is 5.84 Å². The van der Waals surface area contributed by atoms with Crippen molar-refractivity contribution in [1.82, 2.24) is 4.90 Å². The maximum absolute atomic E-state index is 11.4. The summed E-state index contributed by atoms with van der Waals surface area (Å²) in [4.78, 5) is 12.9. The number of fused-ring (bicyclic) bond motifs is 1. The van der Waals surface area contributed by atoms with Gasteiger partial charge in [-0.3, -0.25) is 4.90 Å². The fraction of sp³-hybridized carbons (Fsp3) is 0.300. The number of aliphatic hydroxyl groups excluding tert-OH is 1. The van der Waals surface area contributed by atoms with Crippen molar-refractivity contribution in [2.45, 2.75) is 13.2 Å². The van der Waals surface area contributed by atoms with Crippen molar-refractivity contribution in [2.75, 3.05) is 6.61 Å². The SMILES string of the molecule is CCOC(=O)C1=NN=C2C=CC=CN2[C@@H]1O. The normalized spacial score (nSPS) is 22.4. The third-order valence-corrected chi connectivity index (χ3v) is 2.12. The summed E-state index contributed by atoms with van der Waals surface area (Å²) < 4.78 is 4.76. The molecular weight excluding hydrogens is 210 g/mol. The number of nitrogens with zero attached hydrogens (tertiary/aromatic N) is 3. The molecule has 0 bridgehead atoms. The van der Waals surface area contributed by atoms with Gasteiger partial charge in [0.1, 0.15) is 0 Å². The summed E-state index contributed by atoms with van der Waals surface area (Å²) in [7, 11) is 0. The van der Waals surface area contributed by atoms with Gasteiger partial charge in [-0.05, 0) is 19.1 Å². The Morgan fingerprint density at radius 3 is 3.12 bits per heavy atom. The lowest BCUT2D eigenvalue weighted by Gasteiger charge is -2.29. The molecule has 0 aromatic carbocycles. The first-order chi connectivity index (χ1) is 7.74. The summed E-state index contributed by atoms with van der Waals surface area (Å²) in [6.45, 7) is 1.92. The van der Waals surface area contributed by atoms with E-state index in [4.69, 9.17) is 4.74 Å². The fourth-order valence-electron chi connectivity index (χ4n) is 1.38. The van der Waals surface area contributed by atoms with Gasteiger partial charge in [-0.15, -0.1) is 10.2 Å². The van der Waals surface area contributed by atoms with Gasteiger partial charge in [-0.25, -0.2) is 4.79 Å². The Kier molecular flexibility index (Phi) is 2.82. The number of ether oxygens (including phenoxy) is 1. The van der Waals surface area contributed by atoms with Gasteiger partial charge in [0.25, 0.3) is 0 Å². The van der Waals surface area contributed by atoms with Crippen LogP contribution < -0.4 is 0 Å². The monoisotopic (exact) mass is 221 g/mol. The zero-order chi connectivity index (χ0) is 11.5. The van der Waals surface area contributed by atoms with E-state index in [1.807, 2.05) is 0 Å². The molecule has 0 aromatic rings. The molecule has 2 aliphatic rings. The number of esters is 1. The van der Waals surface area contributed by atoms with Gasteiger partial charge in [0.05, 0.1) is 6.61 Å². The minimum absolute atomic E-state index is 0.106. The summed E-state index contributed by atoms with van der Waals surface area (Å²) in [5.41, 5.74) is -0.106. The molecule has 0 radical (unpaired) electrons. The van der Waals surface area contributed by atoms with Crippen molar-refractivity contribution in [1.29, 1.82) is 0 Å². The highest BCUT2D eigenvalue weighted by Crippen LogP contribution is 2.13. The molecule has 0 amide bonds. The molecule has 0 fully saturated rings. The predicted molar refractivity (Wildman–Crippen MR) is 57.6 cm³/mol. The topological polar surface area (TPSA) is 74.5 Å². The van der Waals surface area contributed by atoms with E-state index in [-0.39, 0.29) is 12.3 Å². The van der Waals surface area contributed by atoms with Crippen molar-refractivity contribution in [3.8, 4) is 0 Å². The van der Waals surface area contributed by atoms with E-state index in [1.54, 1.807) is 31.4 Å². The quantitative estimate of drug-likeness (QED) is 0.667. The minimum Gasteiger partial charge on any atom is -0.461 e. The molecule has 0 spiro atoms. The molecule has 0 unspecified atom stereocenters. The Labute approximate surface area is 92.2 Å².